The van der Waals surface area contributed by atoms with E-state index in [0.717, 1.165) is 25.9 Å². The lowest BCUT2D eigenvalue weighted by Gasteiger charge is -2.27. The fraction of sp³-hybridized carbons (Fsp3) is 0.944. The van der Waals surface area contributed by atoms with Crippen molar-refractivity contribution < 1.29 is 4.79 Å². The number of hydrogen-bond donors (Lipinski definition) is 1. The molecule has 0 bridgehead atoms. The van der Waals surface area contributed by atoms with E-state index in [1.807, 2.05) is 4.90 Å². The summed E-state index contributed by atoms with van der Waals surface area (Å²) < 4.78 is 0. The van der Waals surface area contributed by atoms with E-state index in [4.69, 9.17) is 0 Å². The molecule has 0 saturated carbocycles. The summed E-state index contributed by atoms with van der Waals surface area (Å²) >= 11 is 0. The van der Waals surface area contributed by atoms with Crippen LogP contribution in [0.15, 0.2) is 0 Å². The molecule has 0 spiro atoms. The quantitative estimate of drug-likeness (QED) is 0.550. The number of likely N-dealkylation sites (tertiary alicyclic amines) is 1. The monoisotopic (exact) mass is 296 g/mol. The van der Waals surface area contributed by atoms with Gasteiger partial charge in [0.05, 0.1) is 0 Å². The van der Waals surface area contributed by atoms with Crippen LogP contribution in [0.1, 0.15) is 85.0 Å². The first-order valence-electron chi connectivity index (χ1n) is 9.21. The summed E-state index contributed by atoms with van der Waals surface area (Å²) in [6.45, 7) is 8.61. The summed E-state index contributed by atoms with van der Waals surface area (Å²) in [4.78, 5) is 13.8. The van der Waals surface area contributed by atoms with Gasteiger partial charge < -0.3 is 10.2 Å². The number of nitrogens with one attached hydrogen (secondary N) is 1. The topological polar surface area (TPSA) is 32.3 Å². The Morgan fingerprint density at radius 3 is 2.19 bits per heavy atom. The number of rotatable bonds is 12. The number of carbonyl (C=O) groups is 1. The van der Waals surface area contributed by atoms with E-state index in [2.05, 4.69) is 26.1 Å². The van der Waals surface area contributed by atoms with Crippen molar-refractivity contribution in [1.29, 1.82) is 0 Å². The molecule has 1 saturated heterocycles. The molecule has 1 heterocycles. The van der Waals surface area contributed by atoms with Crippen molar-refractivity contribution in [2.24, 2.45) is 0 Å². The highest BCUT2D eigenvalue weighted by Crippen LogP contribution is 2.14. The van der Waals surface area contributed by atoms with Gasteiger partial charge in [0.25, 0.3) is 0 Å². The minimum absolute atomic E-state index is 0.345. The molecule has 1 atom stereocenters. The highest BCUT2D eigenvalue weighted by Gasteiger charge is 2.22. The maximum atomic E-state index is 11.7. The molecular formula is C18H36N2O. The molecule has 3 nitrogen and oxygen atoms in total. The number of amides is 1. The number of carbonyl (C=O) groups excluding carboxylic acids is 1. The Hall–Kier alpha value is -0.570. The van der Waals surface area contributed by atoms with E-state index < -0.39 is 0 Å². The third-order valence-electron chi connectivity index (χ3n) is 4.50. The summed E-state index contributed by atoms with van der Waals surface area (Å²) in [7, 11) is 0. The van der Waals surface area contributed by atoms with E-state index in [1.54, 1.807) is 0 Å². The molecule has 1 aliphatic rings. The molecule has 0 aliphatic carbocycles. The van der Waals surface area contributed by atoms with Crippen molar-refractivity contribution in [2.45, 2.75) is 97.1 Å². The van der Waals surface area contributed by atoms with Gasteiger partial charge in [0.15, 0.2) is 0 Å². The van der Waals surface area contributed by atoms with E-state index in [-0.39, 0.29) is 0 Å². The Morgan fingerprint density at radius 1 is 1.10 bits per heavy atom. The SMILES string of the molecule is CCCCCC(CCCCC)NC(C)CN1CCCC1=O. The van der Waals surface area contributed by atoms with Gasteiger partial charge in [-0.3, -0.25) is 4.79 Å². The normalized spacial score (nSPS) is 17.0. The van der Waals surface area contributed by atoms with Gasteiger partial charge >= 0.3 is 0 Å². The average Bonchev–Trinajstić information content (AvgIpc) is 2.84. The van der Waals surface area contributed by atoms with Crippen LogP contribution in [0.4, 0.5) is 0 Å². The van der Waals surface area contributed by atoms with E-state index in [0.29, 0.717) is 18.0 Å². The van der Waals surface area contributed by atoms with Gasteiger partial charge in [-0.1, -0.05) is 52.4 Å². The van der Waals surface area contributed by atoms with Crippen molar-refractivity contribution in [2.75, 3.05) is 13.1 Å². The Balaban J connectivity index is 2.31. The third-order valence-corrected chi connectivity index (χ3v) is 4.50. The fourth-order valence-electron chi connectivity index (χ4n) is 3.28. The fourth-order valence-corrected chi connectivity index (χ4v) is 3.28. The molecule has 0 radical (unpaired) electrons. The summed E-state index contributed by atoms with van der Waals surface area (Å²) in [5.41, 5.74) is 0. The molecule has 124 valence electrons. The number of hydrogen-bond acceptors (Lipinski definition) is 2. The summed E-state index contributed by atoms with van der Waals surface area (Å²) in [6.07, 6.45) is 12.3. The molecule has 1 fully saturated rings. The first kappa shape index (κ1) is 18.5. The Bertz CT molecular complexity index is 270. The smallest absolute Gasteiger partial charge is 0.222 e. The third kappa shape index (κ3) is 7.85. The molecule has 1 aliphatic heterocycles. The van der Waals surface area contributed by atoms with Gasteiger partial charge in [-0.05, 0) is 26.2 Å². The largest absolute Gasteiger partial charge is 0.341 e. The first-order chi connectivity index (χ1) is 10.2. The Labute approximate surface area is 131 Å². The molecule has 0 aromatic heterocycles. The lowest BCUT2D eigenvalue weighted by molar-refractivity contribution is -0.128. The zero-order valence-corrected chi connectivity index (χ0v) is 14.5. The second-order valence-corrected chi connectivity index (χ2v) is 6.70. The van der Waals surface area contributed by atoms with E-state index in [1.165, 1.54) is 51.4 Å². The van der Waals surface area contributed by atoms with Crippen LogP contribution in [0.2, 0.25) is 0 Å². The minimum Gasteiger partial charge on any atom is -0.341 e. The Morgan fingerprint density at radius 2 is 1.71 bits per heavy atom. The predicted molar refractivity (Wildman–Crippen MR) is 90.5 cm³/mol. The van der Waals surface area contributed by atoms with E-state index in [9.17, 15) is 4.79 Å². The van der Waals surface area contributed by atoms with Crippen LogP contribution in [0.25, 0.3) is 0 Å². The summed E-state index contributed by atoms with van der Waals surface area (Å²) in [5.74, 6) is 0.345. The van der Waals surface area contributed by atoms with Gasteiger partial charge in [0.1, 0.15) is 0 Å². The first-order valence-corrected chi connectivity index (χ1v) is 9.21. The van der Waals surface area contributed by atoms with Crippen LogP contribution in [-0.2, 0) is 4.79 Å². The molecular weight excluding hydrogens is 260 g/mol. The van der Waals surface area contributed by atoms with Crippen molar-refractivity contribution in [3.05, 3.63) is 0 Å². The number of nitrogens with zero attached hydrogens (tertiary/aromatic N) is 1. The molecule has 0 aromatic carbocycles. The molecule has 1 unspecified atom stereocenters. The standard InChI is InChI=1S/C18H36N2O/c1-4-6-8-11-17(12-9-7-5-2)19-16(3)15-20-14-10-13-18(20)21/h16-17,19H,4-15H2,1-3H3. The van der Waals surface area contributed by atoms with Crippen LogP contribution in [0.5, 0.6) is 0 Å². The van der Waals surface area contributed by atoms with Crippen LogP contribution in [0.3, 0.4) is 0 Å². The van der Waals surface area contributed by atoms with Crippen molar-refractivity contribution in [3.63, 3.8) is 0 Å². The molecule has 1 N–H and O–H groups in total. The van der Waals surface area contributed by atoms with Gasteiger partial charge in [0, 0.05) is 31.6 Å². The zero-order valence-electron chi connectivity index (χ0n) is 14.5. The lowest BCUT2D eigenvalue weighted by atomic mass is 10.0. The maximum Gasteiger partial charge on any atom is 0.222 e. The van der Waals surface area contributed by atoms with Gasteiger partial charge in [-0.25, -0.2) is 0 Å². The average molecular weight is 296 g/mol. The van der Waals surface area contributed by atoms with Crippen molar-refractivity contribution in [3.8, 4) is 0 Å². The molecule has 1 rings (SSSR count). The zero-order chi connectivity index (χ0) is 15.5. The summed E-state index contributed by atoms with van der Waals surface area (Å²) in [5, 5.41) is 3.79. The minimum atomic E-state index is 0.345. The molecule has 3 heteroatoms. The second kappa shape index (κ2) is 11.1. The van der Waals surface area contributed by atoms with Crippen molar-refractivity contribution >= 4 is 5.91 Å². The maximum absolute atomic E-state index is 11.7. The van der Waals surface area contributed by atoms with Gasteiger partial charge in [-0.15, -0.1) is 0 Å². The molecule has 1 amide bonds. The summed E-state index contributed by atoms with van der Waals surface area (Å²) in [6, 6.07) is 1.05. The van der Waals surface area contributed by atoms with Crippen LogP contribution >= 0.6 is 0 Å². The highest BCUT2D eigenvalue weighted by molar-refractivity contribution is 5.78. The molecule has 0 aromatic rings. The predicted octanol–water partition coefficient (Wildman–Crippen LogP) is 4.12. The highest BCUT2D eigenvalue weighted by atomic mass is 16.2. The number of unbranched alkanes of at least 4 members (excludes halogenated alkanes) is 4. The second-order valence-electron chi connectivity index (χ2n) is 6.70. The molecule has 21 heavy (non-hydrogen) atoms. The van der Waals surface area contributed by atoms with Crippen LogP contribution in [-0.4, -0.2) is 36.0 Å². The van der Waals surface area contributed by atoms with Gasteiger partial charge in [0.2, 0.25) is 5.91 Å². The van der Waals surface area contributed by atoms with E-state index >= 15 is 0 Å². The Kier molecular flexibility index (Phi) is 9.73. The van der Waals surface area contributed by atoms with Crippen molar-refractivity contribution in [1.82, 2.24) is 10.2 Å². The van der Waals surface area contributed by atoms with Gasteiger partial charge in [-0.2, -0.15) is 0 Å². The lowest BCUT2D eigenvalue weighted by Crippen LogP contribution is -2.44. The van der Waals surface area contributed by atoms with Crippen LogP contribution in [0, 0.1) is 0 Å². The van der Waals surface area contributed by atoms with Crippen LogP contribution < -0.4 is 5.32 Å².